The zero-order chi connectivity index (χ0) is 15.8. The molecule has 2 aromatic rings. The predicted octanol–water partition coefficient (Wildman–Crippen LogP) is 2.13. The molecule has 2 heterocycles. The van der Waals surface area contributed by atoms with E-state index >= 15 is 0 Å². The van der Waals surface area contributed by atoms with Crippen LogP contribution in [0.15, 0.2) is 39.3 Å². The first kappa shape index (κ1) is 16.5. The molecule has 22 heavy (non-hydrogen) atoms. The monoisotopic (exact) mass is 336 g/mol. The first-order chi connectivity index (χ1) is 10.6. The molecule has 118 valence electrons. The average molecular weight is 336 g/mol. The maximum Gasteiger partial charge on any atom is 0.241 e. The Labute approximate surface area is 138 Å². The van der Waals surface area contributed by atoms with E-state index in [9.17, 15) is 4.79 Å². The molecule has 0 radical (unpaired) electrons. The summed E-state index contributed by atoms with van der Waals surface area (Å²) in [6, 6.07) is 6.14. The maximum absolute atomic E-state index is 11.7. The predicted molar refractivity (Wildman–Crippen MR) is 93.3 cm³/mol. The van der Waals surface area contributed by atoms with Crippen LogP contribution in [0, 0.1) is 0 Å². The number of nitrogens with zero attached hydrogens (tertiary/aromatic N) is 2. The third-order valence-electron chi connectivity index (χ3n) is 2.92. The van der Waals surface area contributed by atoms with Gasteiger partial charge in [0.15, 0.2) is 5.96 Å². The summed E-state index contributed by atoms with van der Waals surface area (Å²) in [5.41, 5.74) is 1.17. The third-order valence-corrected chi connectivity index (χ3v) is 4.52. The minimum absolute atomic E-state index is 0.0150. The number of hydrogen-bond donors (Lipinski definition) is 2. The Hall–Kier alpha value is -1.86. The molecule has 1 amide bonds. The van der Waals surface area contributed by atoms with Crippen LogP contribution in [0.5, 0.6) is 0 Å². The number of amides is 1. The zero-order valence-electron chi connectivity index (χ0n) is 12.7. The number of carbonyl (C=O) groups is 1. The van der Waals surface area contributed by atoms with E-state index in [0.29, 0.717) is 19.0 Å². The second-order valence-electron chi connectivity index (χ2n) is 4.87. The van der Waals surface area contributed by atoms with E-state index in [1.807, 2.05) is 16.8 Å². The van der Waals surface area contributed by atoms with Crippen molar-refractivity contribution in [3.63, 3.8) is 0 Å². The van der Waals surface area contributed by atoms with E-state index in [1.54, 1.807) is 41.7 Å². The number of thiophene rings is 2. The van der Waals surface area contributed by atoms with Crippen molar-refractivity contribution >= 4 is 34.5 Å². The van der Waals surface area contributed by atoms with Crippen LogP contribution < -0.4 is 10.6 Å². The zero-order valence-corrected chi connectivity index (χ0v) is 14.3. The second-order valence-corrected chi connectivity index (χ2v) is 6.68. The molecule has 2 rings (SSSR count). The van der Waals surface area contributed by atoms with Crippen molar-refractivity contribution in [3.05, 3.63) is 44.8 Å². The Bertz CT molecular complexity index is 591. The SMILES string of the molecule is CN(C)C(=O)CNC(=NCc1ccsc1)NCc1cccs1. The Kier molecular flexibility index (Phi) is 6.42. The van der Waals surface area contributed by atoms with Crippen LogP contribution in [0.4, 0.5) is 0 Å². The van der Waals surface area contributed by atoms with Crippen molar-refractivity contribution in [1.82, 2.24) is 15.5 Å². The van der Waals surface area contributed by atoms with Gasteiger partial charge in [-0.15, -0.1) is 11.3 Å². The van der Waals surface area contributed by atoms with Crippen molar-refractivity contribution in [2.24, 2.45) is 4.99 Å². The Balaban J connectivity index is 1.92. The molecule has 0 fully saturated rings. The minimum atomic E-state index is 0.0150. The van der Waals surface area contributed by atoms with Crippen molar-refractivity contribution in [2.45, 2.75) is 13.1 Å². The fourth-order valence-corrected chi connectivity index (χ4v) is 2.93. The lowest BCUT2D eigenvalue weighted by Crippen LogP contribution is -2.42. The second kappa shape index (κ2) is 8.55. The lowest BCUT2D eigenvalue weighted by molar-refractivity contribution is -0.127. The lowest BCUT2D eigenvalue weighted by atomic mass is 10.3. The Morgan fingerprint density at radius 2 is 2.14 bits per heavy atom. The molecule has 0 unspecified atom stereocenters. The molecule has 5 nitrogen and oxygen atoms in total. The molecule has 0 aliphatic heterocycles. The fourth-order valence-electron chi connectivity index (χ4n) is 1.63. The van der Waals surface area contributed by atoms with Gasteiger partial charge < -0.3 is 15.5 Å². The molecular weight excluding hydrogens is 316 g/mol. The molecule has 0 spiro atoms. The smallest absolute Gasteiger partial charge is 0.241 e. The lowest BCUT2D eigenvalue weighted by Gasteiger charge is -2.14. The first-order valence-electron chi connectivity index (χ1n) is 6.91. The highest BCUT2D eigenvalue weighted by Crippen LogP contribution is 2.08. The number of aliphatic imine (C=N–C) groups is 1. The van der Waals surface area contributed by atoms with Crippen molar-refractivity contribution in [1.29, 1.82) is 0 Å². The summed E-state index contributed by atoms with van der Waals surface area (Å²) in [6.07, 6.45) is 0. The highest BCUT2D eigenvalue weighted by molar-refractivity contribution is 7.09. The van der Waals surface area contributed by atoms with E-state index in [4.69, 9.17) is 0 Å². The van der Waals surface area contributed by atoms with Crippen LogP contribution in [-0.4, -0.2) is 37.4 Å². The summed E-state index contributed by atoms with van der Waals surface area (Å²) >= 11 is 3.35. The van der Waals surface area contributed by atoms with Gasteiger partial charge in [0.05, 0.1) is 19.6 Å². The summed E-state index contributed by atoms with van der Waals surface area (Å²) in [6.45, 7) is 1.52. The molecule has 0 bridgehead atoms. The van der Waals surface area contributed by atoms with Gasteiger partial charge >= 0.3 is 0 Å². The first-order valence-corrected chi connectivity index (χ1v) is 8.73. The number of carbonyl (C=O) groups excluding carboxylic acids is 1. The van der Waals surface area contributed by atoms with E-state index < -0.39 is 0 Å². The molecule has 0 saturated carbocycles. The third kappa shape index (κ3) is 5.50. The average Bonchev–Trinajstić information content (AvgIpc) is 3.19. The van der Waals surface area contributed by atoms with Gasteiger partial charge in [0, 0.05) is 19.0 Å². The summed E-state index contributed by atoms with van der Waals surface area (Å²) in [5.74, 6) is 0.663. The number of hydrogen-bond acceptors (Lipinski definition) is 4. The number of nitrogens with one attached hydrogen (secondary N) is 2. The van der Waals surface area contributed by atoms with Crippen LogP contribution in [0.3, 0.4) is 0 Å². The molecule has 2 N–H and O–H groups in total. The van der Waals surface area contributed by atoms with Crippen LogP contribution in [0.2, 0.25) is 0 Å². The molecule has 0 atom stereocenters. The largest absolute Gasteiger partial charge is 0.351 e. The maximum atomic E-state index is 11.7. The summed E-state index contributed by atoms with van der Waals surface area (Å²) in [5, 5.41) is 12.5. The fraction of sp³-hybridized carbons (Fsp3) is 0.333. The Morgan fingerprint density at radius 3 is 2.77 bits per heavy atom. The topological polar surface area (TPSA) is 56.7 Å². The van der Waals surface area contributed by atoms with Crippen LogP contribution in [0.1, 0.15) is 10.4 Å². The van der Waals surface area contributed by atoms with Gasteiger partial charge in [0.25, 0.3) is 0 Å². The van der Waals surface area contributed by atoms with Crippen LogP contribution >= 0.6 is 22.7 Å². The van der Waals surface area contributed by atoms with Gasteiger partial charge in [-0.3, -0.25) is 4.79 Å². The summed E-state index contributed by atoms with van der Waals surface area (Å²) < 4.78 is 0. The standard InChI is InChI=1S/C15H20N4OS2/c1-19(2)14(20)10-18-15(16-8-12-5-7-21-11-12)17-9-13-4-3-6-22-13/h3-7,11H,8-10H2,1-2H3,(H2,16,17,18). The van der Waals surface area contributed by atoms with Crippen LogP contribution in [0.25, 0.3) is 0 Å². The number of guanidine groups is 1. The molecule has 0 aliphatic carbocycles. The molecule has 7 heteroatoms. The molecule has 0 aliphatic rings. The van der Waals surface area contributed by atoms with Gasteiger partial charge in [-0.2, -0.15) is 11.3 Å². The number of likely N-dealkylation sites (N-methyl/N-ethyl adjacent to an activating group) is 1. The highest BCUT2D eigenvalue weighted by Gasteiger charge is 2.06. The van der Waals surface area contributed by atoms with E-state index in [2.05, 4.69) is 33.1 Å². The highest BCUT2D eigenvalue weighted by atomic mass is 32.1. The van der Waals surface area contributed by atoms with Gasteiger partial charge in [0.2, 0.25) is 5.91 Å². The van der Waals surface area contributed by atoms with Gasteiger partial charge in [-0.25, -0.2) is 4.99 Å². The van der Waals surface area contributed by atoms with Crippen molar-refractivity contribution in [2.75, 3.05) is 20.6 Å². The van der Waals surface area contributed by atoms with Gasteiger partial charge in [-0.1, -0.05) is 6.07 Å². The normalized spacial score (nSPS) is 11.3. The quantitative estimate of drug-likeness (QED) is 0.628. The van der Waals surface area contributed by atoms with Gasteiger partial charge in [-0.05, 0) is 33.8 Å². The number of rotatable bonds is 6. The summed E-state index contributed by atoms with van der Waals surface area (Å²) in [7, 11) is 3.48. The molecule has 2 aromatic heterocycles. The van der Waals surface area contributed by atoms with Gasteiger partial charge in [0.1, 0.15) is 0 Å². The summed E-state index contributed by atoms with van der Waals surface area (Å²) in [4.78, 5) is 19.0. The van der Waals surface area contributed by atoms with Crippen LogP contribution in [-0.2, 0) is 17.9 Å². The molecule has 0 aromatic carbocycles. The van der Waals surface area contributed by atoms with Crippen molar-refractivity contribution in [3.8, 4) is 0 Å². The Morgan fingerprint density at radius 1 is 1.27 bits per heavy atom. The molecular formula is C15H20N4OS2. The minimum Gasteiger partial charge on any atom is -0.351 e. The molecule has 0 saturated heterocycles. The van der Waals surface area contributed by atoms with E-state index in [-0.39, 0.29) is 12.5 Å². The van der Waals surface area contributed by atoms with E-state index in [0.717, 1.165) is 0 Å². The van der Waals surface area contributed by atoms with Crippen molar-refractivity contribution < 1.29 is 4.79 Å². The van der Waals surface area contributed by atoms with E-state index in [1.165, 1.54) is 10.4 Å².